The molecule has 1 saturated heterocycles. The van der Waals surface area contributed by atoms with Crippen LogP contribution in [0.4, 0.5) is 0 Å². The summed E-state index contributed by atoms with van der Waals surface area (Å²) < 4.78 is 4.97. The molecule has 1 aliphatic heterocycles. The fraction of sp³-hybridized carbons (Fsp3) is 1.00. The fourth-order valence-corrected chi connectivity index (χ4v) is 0.959. The van der Waals surface area contributed by atoms with Crippen molar-refractivity contribution in [2.75, 3.05) is 6.61 Å². The third kappa shape index (κ3) is 2.82. The molecule has 2 heteroatoms. The molecule has 9 heavy (non-hydrogen) atoms. The fourth-order valence-electron chi connectivity index (χ4n) is 0.959. The van der Waals surface area contributed by atoms with Crippen molar-refractivity contribution in [3.05, 3.63) is 0 Å². The molecule has 1 rings (SSSR count). The Balaban J connectivity index is 1.95. The zero-order valence-electron chi connectivity index (χ0n) is 5.84. The quantitative estimate of drug-likeness (QED) is 0.574. The summed E-state index contributed by atoms with van der Waals surface area (Å²) in [7, 11) is 0. The van der Waals surface area contributed by atoms with Crippen molar-refractivity contribution < 1.29 is 9.84 Å². The van der Waals surface area contributed by atoms with E-state index in [1.165, 1.54) is 0 Å². The summed E-state index contributed by atoms with van der Waals surface area (Å²) in [6, 6.07) is 0. The Morgan fingerprint density at radius 2 is 2.44 bits per heavy atom. The van der Waals surface area contributed by atoms with Gasteiger partial charge in [0.25, 0.3) is 0 Å². The first-order valence-corrected chi connectivity index (χ1v) is 3.62. The molecule has 0 aromatic carbocycles. The number of hydrogen-bond acceptors (Lipinski definition) is 2. The minimum Gasteiger partial charge on any atom is -0.393 e. The van der Waals surface area contributed by atoms with Crippen LogP contribution in [0.2, 0.25) is 0 Å². The second kappa shape index (κ2) is 3.18. The molecule has 0 amide bonds. The summed E-state index contributed by atoms with van der Waals surface area (Å²) in [5, 5.41) is 9.18. The van der Waals surface area contributed by atoms with Gasteiger partial charge in [0.15, 0.2) is 0 Å². The lowest BCUT2D eigenvalue weighted by Gasteiger charge is -2.04. The van der Waals surface area contributed by atoms with Gasteiger partial charge in [-0.3, -0.25) is 0 Å². The number of hydrogen-bond donors (Lipinski definition) is 1. The van der Waals surface area contributed by atoms with Crippen LogP contribution in [0.1, 0.15) is 26.2 Å². The van der Waals surface area contributed by atoms with Crippen LogP contribution in [-0.2, 0) is 4.74 Å². The first-order valence-electron chi connectivity index (χ1n) is 3.62. The van der Waals surface area contributed by atoms with Crippen molar-refractivity contribution in [1.29, 1.82) is 0 Å². The molecule has 1 heterocycles. The zero-order chi connectivity index (χ0) is 6.69. The van der Waals surface area contributed by atoms with Gasteiger partial charge in [0, 0.05) is 6.42 Å². The van der Waals surface area contributed by atoms with E-state index in [0.717, 1.165) is 25.9 Å². The lowest BCUT2D eigenvalue weighted by Crippen LogP contribution is -2.08. The van der Waals surface area contributed by atoms with Crippen LogP contribution < -0.4 is 0 Å². The lowest BCUT2D eigenvalue weighted by molar-refractivity contribution is 0.142. The molecule has 0 aromatic heterocycles. The Morgan fingerprint density at radius 3 is 2.89 bits per heavy atom. The maximum absolute atomic E-state index is 9.18. The van der Waals surface area contributed by atoms with E-state index >= 15 is 0 Å². The van der Waals surface area contributed by atoms with Crippen molar-refractivity contribution in [2.45, 2.75) is 38.4 Å². The van der Waals surface area contributed by atoms with Gasteiger partial charge < -0.3 is 9.84 Å². The topological polar surface area (TPSA) is 32.8 Å². The molecule has 54 valence electrons. The average molecular weight is 130 g/mol. The van der Waals surface area contributed by atoms with E-state index in [1.54, 1.807) is 0 Å². The molecule has 0 unspecified atom stereocenters. The Morgan fingerprint density at radius 1 is 1.78 bits per heavy atom. The smallest absolute Gasteiger partial charge is 0.0834 e. The van der Waals surface area contributed by atoms with E-state index in [4.69, 9.17) is 4.74 Å². The molecule has 2 atom stereocenters. The molecule has 1 N–H and O–H groups in total. The van der Waals surface area contributed by atoms with Crippen LogP contribution in [0.5, 0.6) is 0 Å². The van der Waals surface area contributed by atoms with Crippen molar-refractivity contribution in [3.8, 4) is 0 Å². The second-order valence-electron chi connectivity index (χ2n) is 2.63. The van der Waals surface area contributed by atoms with Crippen LogP contribution in [0.3, 0.4) is 0 Å². The Hall–Kier alpha value is -0.0800. The minimum absolute atomic E-state index is 0.123. The molecule has 0 aromatic rings. The molecule has 0 bridgehead atoms. The third-order valence-electron chi connectivity index (χ3n) is 1.56. The molecule has 1 fully saturated rings. The molecule has 1 aliphatic rings. The monoisotopic (exact) mass is 130 g/mol. The highest BCUT2D eigenvalue weighted by Crippen LogP contribution is 2.17. The summed E-state index contributed by atoms with van der Waals surface area (Å²) in [4.78, 5) is 0. The van der Waals surface area contributed by atoms with Gasteiger partial charge >= 0.3 is 0 Å². The Labute approximate surface area is 55.8 Å². The van der Waals surface area contributed by atoms with E-state index in [1.807, 2.05) is 0 Å². The molecule has 2 nitrogen and oxygen atoms in total. The van der Waals surface area contributed by atoms with Crippen LogP contribution in [0, 0.1) is 0 Å². The normalized spacial score (nSPS) is 28.0. The van der Waals surface area contributed by atoms with Gasteiger partial charge in [-0.1, -0.05) is 13.3 Å². The van der Waals surface area contributed by atoms with Crippen LogP contribution >= 0.6 is 0 Å². The predicted octanol–water partition coefficient (Wildman–Crippen LogP) is 0.936. The molecule has 0 aliphatic carbocycles. The van der Waals surface area contributed by atoms with Gasteiger partial charge in [0.1, 0.15) is 0 Å². The first kappa shape index (κ1) is 7.03. The predicted molar refractivity (Wildman–Crippen MR) is 35.3 cm³/mol. The summed E-state index contributed by atoms with van der Waals surface area (Å²) in [6.07, 6.45) is 3.08. The average Bonchev–Trinajstić information content (AvgIpc) is 2.50. The molecule has 0 spiro atoms. The van der Waals surface area contributed by atoms with E-state index in [9.17, 15) is 5.11 Å². The maximum atomic E-state index is 9.18. The number of ether oxygens (including phenoxy) is 1. The van der Waals surface area contributed by atoms with Crippen molar-refractivity contribution in [2.24, 2.45) is 0 Å². The molecular weight excluding hydrogens is 116 g/mol. The Bertz CT molecular complexity index is 79.0. The SMILES string of the molecule is CCC[C@@H](O)C[C@@H]1CO1. The third-order valence-corrected chi connectivity index (χ3v) is 1.56. The molecular formula is C7H14O2. The largest absolute Gasteiger partial charge is 0.393 e. The summed E-state index contributed by atoms with van der Waals surface area (Å²) >= 11 is 0. The van der Waals surface area contributed by atoms with Gasteiger partial charge in [-0.25, -0.2) is 0 Å². The minimum atomic E-state index is -0.123. The van der Waals surface area contributed by atoms with Gasteiger partial charge in [-0.15, -0.1) is 0 Å². The standard InChI is InChI=1S/C7H14O2/c1-2-3-6(8)4-7-5-9-7/h6-8H,2-5H2,1H3/t6-,7-/m1/s1. The molecule has 0 saturated carbocycles. The van der Waals surface area contributed by atoms with Crippen LogP contribution in [0.25, 0.3) is 0 Å². The van der Waals surface area contributed by atoms with Gasteiger partial charge in [-0.2, -0.15) is 0 Å². The van der Waals surface area contributed by atoms with Crippen LogP contribution in [-0.4, -0.2) is 23.9 Å². The number of rotatable bonds is 4. The first-order chi connectivity index (χ1) is 4.33. The van der Waals surface area contributed by atoms with Crippen molar-refractivity contribution >= 4 is 0 Å². The summed E-state index contributed by atoms with van der Waals surface area (Å²) in [6.45, 7) is 2.94. The van der Waals surface area contributed by atoms with Gasteiger partial charge in [-0.05, 0) is 6.42 Å². The lowest BCUT2D eigenvalue weighted by atomic mass is 10.1. The highest BCUT2D eigenvalue weighted by atomic mass is 16.6. The summed E-state index contributed by atoms with van der Waals surface area (Å²) in [5.41, 5.74) is 0. The zero-order valence-corrected chi connectivity index (χ0v) is 5.84. The maximum Gasteiger partial charge on any atom is 0.0834 e. The summed E-state index contributed by atoms with van der Waals surface area (Å²) in [5.74, 6) is 0. The van der Waals surface area contributed by atoms with Crippen molar-refractivity contribution in [3.63, 3.8) is 0 Å². The van der Waals surface area contributed by atoms with E-state index < -0.39 is 0 Å². The van der Waals surface area contributed by atoms with Gasteiger partial charge in [0.05, 0.1) is 18.8 Å². The van der Waals surface area contributed by atoms with Gasteiger partial charge in [0.2, 0.25) is 0 Å². The Kier molecular flexibility index (Phi) is 2.49. The number of aliphatic hydroxyl groups excluding tert-OH is 1. The molecule has 0 radical (unpaired) electrons. The highest BCUT2D eigenvalue weighted by molar-refractivity contribution is 4.72. The van der Waals surface area contributed by atoms with Crippen LogP contribution in [0.15, 0.2) is 0 Å². The second-order valence-corrected chi connectivity index (χ2v) is 2.63. The van der Waals surface area contributed by atoms with E-state index in [0.29, 0.717) is 6.10 Å². The van der Waals surface area contributed by atoms with E-state index in [-0.39, 0.29) is 6.10 Å². The number of epoxide rings is 1. The number of aliphatic hydroxyl groups is 1. The van der Waals surface area contributed by atoms with E-state index in [2.05, 4.69) is 6.92 Å². The van der Waals surface area contributed by atoms with Crippen molar-refractivity contribution in [1.82, 2.24) is 0 Å². The highest BCUT2D eigenvalue weighted by Gasteiger charge is 2.24.